The number of hydrogen-bond acceptors (Lipinski definition) is 4. The number of carboxylic acids is 1. The molecule has 0 atom stereocenters. The molecule has 0 saturated heterocycles. The van der Waals surface area contributed by atoms with Crippen molar-refractivity contribution in [3.8, 4) is 11.5 Å². The predicted octanol–water partition coefficient (Wildman–Crippen LogP) is 2.87. The Morgan fingerprint density at radius 3 is 2.38 bits per heavy atom. The van der Waals surface area contributed by atoms with Gasteiger partial charge in [0.1, 0.15) is 18.1 Å². The first-order valence-corrected chi connectivity index (χ1v) is 6.27. The molecule has 2 N–H and O–H groups in total. The third kappa shape index (κ3) is 3.39. The molecule has 0 spiro atoms. The first kappa shape index (κ1) is 14.6. The number of ketones is 1. The summed E-state index contributed by atoms with van der Waals surface area (Å²) in [5.74, 6) is -2.01. The van der Waals surface area contributed by atoms with E-state index in [0.717, 1.165) is 5.56 Å². The molecule has 0 fully saturated rings. The van der Waals surface area contributed by atoms with E-state index < -0.39 is 17.5 Å². The van der Waals surface area contributed by atoms with Gasteiger partial charge in [0, 0.05) is 6.07 Å². The topological polar surface area (TPSA) is 83.8 Å². The van der Waals surface area contributed by atoms with E-state index in [0.29, 0.717) is 0 Å². The number of Topliss-reactive ketones (excluding diaryl/α,β-unsaturated/α-hetero) is 1. The van der Waals surface area contributed by atoms with E-state index in [-0.39, 0.29) is 23.5 Å². The van der Waals surface area contributed by atoms with Gasteiger partial charge in [0.15, 0.2) is 5.78 Å². The van der Waals surface area contributed by atoms with Crippen molar-refractivity contribution in [2.75, 3.05) is 0 Å². The van der Waals surface area contributed by atoms with Crippen LogP contribution in [0.25, 0.3) is 0 Å². The fourth-order valence-corrected chi connectivity index (χ4v) is 1.96. The molecule has 2 rings (SSSR count). The average Bonchev–Trinajstić information content (AvgIpc) is 2.45. The summed E-state index contributed by atoms with van der Waals surface area (Å²) in [5, 5.41) is 19.0. The van der Waals surface area contributed by atoms with Gasteiger partial charge < -0.3 is 14.9 Å². The number of aromatic hydroxyl groups is 1. The maximum absolute atomic E-state index is 11.4. The summed E-state index contributed by atoms with van der Waals surface area (Å²) in [7, 11) is 0. The van der Waals surface area contributed by atoms with Crippen LogP contribution in [0.5, 0.6) is 11.5 Å². The number of benzene rings is 2. The second-order valence-corrected chi connectivity index (χ2v) is 4.50. The zero-order chi connectivity index (χ0) is 15.4. The number of aromatic carboxylic acids is 1. The number of hydrogen-bond donors (Lipinski definition) is 2. The Morgan fingerprint density at radius 1 is 1.14 bits per heavy atom. The van der Waals surface area contributed by atoms with Gasteiger partial charge in [-0.15, -0.1) is 0 Å². The molecule has 5 heteroatoms. The molecule has 0 radical (unpaired) electrons. The maximum atomic E-state index is 11.4. The number of carboxylic acid groups (broad SMARTS) is 1. The number of phenols is 1. The van der Waals surface area contributed by atoms with Gasteiger partial charge in [0.2, 0.25) is 0 Å². The van der Waals surface area contributed by atoms with E-state index in [1.54, 1.807) is 0 Å². The van der Waals surface area contributed by atoms with Crippen LogP contribution in [0.2, 0.25) is 0 Å². The van der Waals surface area contributed by atoms with Crippen molar-refractivity contribution in [2.45, 2.75) is 13.5 Å². The molecular weight excluding hydrogens is 272 g/mol. The lowest BCUT2D eigenvalue weighted by Gasteiger charge is -2.11. The second kappa shape index (κ2) is 6.09. The van der Waals surface area contributed by atoms with Gasteiger partial charge in [-0.3, -0.25) is 4.79 Å². The highest BCUT2D eigenvalue weighted by molar-refractivity contribution is 6.07. The van der Waals surface area contributed by atoms with Crippen LogP contribution in [0, 0.1) is 0 Å². The SMILES string of the molecule is CC(=O)c1c(O)cc(OCc2ccccc2)cc1C(=O)O. The molecule has 108 valence electrons. The lowest BCUT2D eigenvalue weighted by atomic mass is 10.0. The Bertz CT molecular complexity index is 677. The first-order chi connectivity index (χ1) is 9.99. The van der Waals surface area contributed by atoms with Gasteiger partial charge in [0.25, 0.3) is 0 Å². The maximum Gasteiger partial charge on any atom is 0.336 e. The van der Waals surface area contributed by atoms with Crippen molar-refractivity contribution < 1.29 is 24.5 Å². The number of ether oxygens (including phenoxy) is 1. The van der Waals surface area contributed by atoms with Crippen molar-refractivity contribution in [2.24, 2.45) is 0 Å². The molecule has 2 aromatic carbocycles. The summed E-state index contributed by atoms with van der Waals surface area (Å²) < 4.78 is 5.46. The fourth-order valence-electron chi connectivity index (χ4n) is 1.96. The average molecular weight is 286 g/mol. The summed E-state index contributed by atoms with van der Waals surface area (Å²) in [6.07, 6.45) is 0. The molecule has 0 aromatic heterocycles. The van der Waals surface area contributed by atoms with Gasteiger partial charge in [-0.1, -0.05) is 30.3 Å². The van der Waals surface area contributed by atoms with Crippen molar-refractivity contribution in [1.29, 1.82) is 0 Å². The molecule has 0 bridgehead atoms. The molecule has 0 amide bonds. The Balaban J connectivity index is 2.29. The molecule has 5 nitrogen and oxygen atoms in total. The largest absolute Gasteiger partial charge is 0.507 e. The molecule has 0 aliphatic carbocycles. The molecule has 0 saturated carbocycles. The van der Waals surface area contributed by atoms with Crippen molar-refractivity contribution >= 4 is 11.8 Å². The number of phenolic OH excluding ortho intramolecular Hbond substituents is 1. The molecule has 0 aliphatic heterocycles. The standard InChI is InChI=1S/C16H14O5/c1-10(17)15-13(16(19)20)7-12(8-14(15)18)21-9-11-5-3-2-4-6-11/h2-8,18H,9H2,1H3,(H,19,20). The van der Waals surface area contributed by atoms with Gasteiger partial charge in [-0.2, -0.15) is 0 Å². The van der Waals surface area contributed by atoms with Gasteiger partial charge >= 0.3 is 5.97 Å². The van der Waals surface area contributed by atoms with Crippen LogP contribution in [0.1, 0.15) is 33.2 Å². The minimum Gasteiger partial charge on any atom is -0.507 e. The Kier molecular flexibility index (Phi) is 4.23. The second-order valence-electron chi connectivity index (χ2n) is 4.50. The molecule has 0 heterocycles. The summed E-state index contributed by atoms with van der Waals surface area (Å²) in [4.78, 5) is 22.6. The van der Waals surface area contributed by atoms with Crippen LogP contribution in [-0.4, -0.2) is 22.0 Å². The van der Waals surface area contributed by atoms with E-state index in [1.807, 2.05) is 30.3 Å². The van der Waals surface area contributed by atoms with Crippen molar-refractivity contribution in [3.63, 3.8) is 0 Å². The zero-order valence-electron chi connectivity index (χ0n) is 11.4. The Hall–Kier alpha value is -2.82. The summed E-state index contributed by atoms with van der Waals surface area (Å²) in [6.45, 7) is 1.44. The van der Waals surface area contributed by atoms with E-state index in [9.17, 15) is 14.7 Å². The molecule has 0 unspecified atom stereocenters. The van der Waals surface area contributed by atoms with E-state index in [2.05, 4.69) is 0 Å². The Labute approximate surface area is 121 Å². The third-order valence-corrected chi connectivity index (χ3v) is 2.92. The van der Waals surface area contributed by atoms with E-state index >= 15 is 0 Å². The normalized spacial score (nSPS) is 10.1. The molecule has 21 heavy (non-hydrogen) atoms. The van der Waals surface area contributed by atoms with Crippen LogP contribution >= 0.6 is 0 Å². The van der Waals surface area contributed by atoms with Gasteiger partial charge in [0.05, 0.1) is 11.1 Å². The smallest absolute Gasteiger partial charge is 0.336 e. The highest BCUT2D eigenvalue weighted by atomic mass is 16.5. The molecular formula is C16H14O5. The zero-order valence-corrected chi connectivity index (χ0v) is 11.4. The lowest BCUT2D eigenvalue weighted by Crippen LogP contribution is -2.07. The first-order valence-electron chi connectivity index (χ1n) is 6.27. The van der Waals surface area contributed by atoms with E-state index in [1.165, 1.54) is 19.1 Å². The summed E-state index contributed by atoms with van der Waals surface area (Å²) >= 11 is 0. The summed E-state index contributed by atoms with van der Waals surface area (Å²) in [5.41, 5.74) is 0.421. The van der Waals surface area contributed by atoms with Crippen LogP contribution < -0.4 is 4.74 Å². The van der Waals surface area contributed by atoms with Crippen LogP contribution in [0.4, 0.5) is 0 Å². The van der Waals surface area contributed by atoms with Crippen LogP contribution in [0.15, 0.2) is 42.5 Å². The van der Waals surface area contributed by atoms with Crippen LogP contribution in [-0.2, 0) is 6.61 Å². The number of rotatable bonds is 5. The third-order valence-electron chi connectivity index (χ3n) is 2.92. The molecule has 0 aliphatic rings. The number of carbonyl (C=O) groups excluding carboxylic acids is 1. The highest BCUT2D eigenvalue weighted by Gasteiger charge is 2.19. The predicted molar refractivity (Wildman–Crippen MR) is 75.8 cm³/mol. The monoisotopic (exact) mass is 286 g/mol. The minimum absolute atomic E-state index is 0.193. The fraction of sp³-hybridized carbons (Fsp3) is 0.125. The van der Waals surface area contributed by atoms with E-state index in [4.69, 9.17) is 9.84 Å². The van der Waals surface area contributed by atoms with Gasteiger partial charge in [-0.05, 0) is 18.6 Å². The van der Waals surface area contributed by atoms with Gasteiger partial charge in [-0.25, -0.2) is 4.79 Å². The molecule has 2 aromatic rings. The van der Waals surface area contributed by atoms with Crippen LogP contribution in [0.3, 0.4) is 0 Å². The van der Waals surface area contributed by atoms with Crippen molar-refractivity contribution in [1.82, 2.24) is 0 Å². The minimum atomic E-state index is -1.29. The van der Waals surface area contributed by atoms with Crippen molar-refractivity contribution in [3.05, 3.63) is 59.2 Å². The highest BCUT2D eigenvalue weighted by Crippen LogP contribution is 2.29. The lowest BCUT2D eigenvalue weighted by molar-refractivity contribution is 0.0691. The number of carbonyl (C=O) groups is 2. The summed E-state index contributed by atoms with van der Waals surface area (Å²) in [6, 6.07) is 11.8. The quantitative estimate of drug-likeness (QED) is 0.826. The Morgan fingerprint density at radius 2 is 1.81 bits per heavy atom.